The summed E-state index contributed by atoms with van der Waals surface area (Å²) in [7, 11) is -2.90. The van der Waals surface area contributed by atoms with Crippen LogP contribution < -0.4 is 0 Å². The summed E-state index contributed by atoms with van der Waals surface area (Å²) < 4.78 is 84.2. The molecule has 0 bridgehead atoms. The number of rotatable bonds is 21. The van der Waals surface area contributed by atoms with E-state index in [0.717, 1.165) is 6.61 Å². The quantitative estimate of drug-likeness (QED) is 0.0280. The SMILES string of the molecule is CC#N.CC1O[C@@H](Br)C(OC(=O)c2ccccc2)[C@@H](OC(=O)c2ccccc2)[C@@H]1OC(=O)c1ccccc1.CC1O[C@H](OP(=O)(OCc2ccccc2)OCc2ccccc2)C(OC(=O)c2ccccc2)[C@@H](OC(=O)c2ccccc2)[C@@H]1OC(=O)c1ccccc1.CCC.CCOC. The van der Waals surface area contributed by atoms with Gasteiger partial charge in [0.25, 0.3) is 0 Å². The molecule has 514 valence electrons. The molecule has 2 heterocycles. The van der Waals surface area contributed by atoms with Crippen LogP contribution in [0.1, 0.15) is 121 Å². The molecule has 10 atom stereocenters. The topological polar surface area (TPSA) is 254 Å². The second-order valence-corrected chi connectivity index (χ2v) is 23.9. The van der Waals surface area contributed by atoms with Crippen LogP contribution >= 0.6 is 23.8 Å². The highest BCUT2D eigenvalue weighted by Gasteiger charge is 2.55. The minimum Gasteiger partial charge on any atom is -0.452 e. The molecule has 0 radical (unpaired) electrons. The van der Waals surface area contributed by atoms with E-state index in [2.05, 4.69) is 34.5 Å². The molecule has 2 aliphatic heterocycles. The van der Waals surface area contributed by atoms with Gasteiger partial charge in [-0.1, -0.05) is 206 Å². The van der Waals surface area contributed by atoms with Gasteiger partial charge in [-0.15, -0.1) is 0 Å². The summed E-state index contributed by atoms with van der Waals surface area (Å²) in [5.74, 6) is -4.30. The Morgan fingerprint density at radius 2 is 0.633 bits per heavy atom. The molecule has 0 aromatic heterocycles. The standard InChI is InChI=1S/C41H37O11P.C27H23BrO7.C3H8O.C3H8.C2H3N/c1-29-35(49-38(42)32-21-11-4-12-22-32)36(50-39(43)33-23-13-5-14-24-33)37(51-40(44)34-25-15-6-16-26-34)41(48-29)52-53(45,46-27-30-17-7-2-8-18-30)47-28-31-19-9-3-10-20-31;1-17-21(33-25(29)18-11-5-2-6-12-18)22(34-26(30)19-13-7-3-8-14-19)23(24(28)32-17)35-27(31)20-15-9-4-10-16-20;1-3-4-2;1-3-2;1-2-3/h2-26,29,35-37,41H,27-28H2,1H3;2-17,21-24H,1H3;3H2,1-2H3;3H2,1-2H3;1H3/t29?,35-,36+,37?,41-;17?,21-,22+,23?,24-;;;/m11.../s1. The molecule has 2 aliphatic rings. The van der Waals surface area contributed by atoms with Crippen molar-refractivity contribution in [2.45, 2.75) is 121 Å². The number of phosphoric ester groups is 1. The Labute approximate surface area is 579 Å². The third-order valence-corrected chi connectivity index (χ3v) is 16.0. The molecule has 2 saturated heterocycles. The van der Waals surface area contributed by atoms with Gasteiger partial charge >= 0.3 is 43.6 Å². The van der Waals surface area contributed by atoms with Crippen LogP contribution in [-0.2, 0) is 74.0 Å². The van der Waals surface area contributed by atoms with Gasteiger partial charge in [0, 0.05) is 20.6 Å². The molecule has 0 amide bonds. The number of nitriles is 1. The summed E-state index contributed by atoms with van der Waals surface area (Å²) in [6.45, 7) is 11.4. The summed E-state index contributed by atoms with van der Waals surface area (Å²) in [4.78, 5) is 79.4. The highest BCUT2D eigenvalue weighted by Crippen LogP contribution is 2.54. The van der Waals surface area contributed by atoms with Crippen LogP contribution in [0.3, 0.4) is 0 Å². The van der Waals surface area contributed by atoms with Gasteiger partial charge in [-0.3, -0.25) is 13.6 Å². The van der Waals surface area contributed by atoms with E-state index in [1.165, 1.54) is 37.6 Å². The fourth-order valence-electron chi connectivity index (χ4n) is 9.14. The number of hydrogen-bond acceptors (Lipinski definition) is 20. The van der Waals surface area contributed by atoms with E-state index in [0.29, 0.717) is 27.8 Å². The largest absolute Gasteiger partial charge is 0.477 e. The van der Waals surface area contributed by atoms with E-state index >= 15 is 0 Å². The first-order valence-corrected chi connectivity index (χ1v) is 33.8. The predicted molar refractivity (Wildman–Crippen MR) is 367 cm³/mol. The summed E-state index contributed by atoms with van der Waals surface area (Å²) >= 11 is 3.39. The van der Waals surface area contributed by atoms with Crippen LogP contribution in [0.5, 0.6) is 0 Å². The van der Waals surface area contributed by atoms with Gasteiger partial charge in [-0.25, -0.2) is 33.3 Å². The molecule has 0 saturated carbocycles. The lowest BCUT2D eigenvalue weighted by Gasteiger charge is -2.43. The number of carbonyl (C=O) groups is 6. The van der Waals surface area contributed by atoms with Crippen molar-refractivity contribution in [3.63, 3.8) is 0 Å². The minimum atomic E-state index is -4.58. The van der Waals surface area contributed by atoms with E-state index in [9.17, 15) is 33.3 Å². The summed E-state index contributed by atoms with van der Waals surface area (Å²) in [5.41, 5.74) is 2.84. The Bertz CT molecular complexity index is 3650. The van der Waals surface area contributed by atoms with Gasteiger partial charge in [-0.05, 0) is 105 Å². The molecule has 10 rings (SSSR count). The van der Waals surface area contributed by atoms with Crippen molar-refractivity contribution in [3.05, 3.63) is 287 Å². The maximum Gasteiger partial charge on any atom is 0.477 e. The molecule has 98 heavy (non-hydrogen) atoms. The number of methoxy groups -OCH3 is 1. The number of esters is 6. The van der Waals surface area contributed by atoms with Crippen LogP contribution in [0.2, 0.25) is 0 Å². The number of halogens is 1. The molecule has 0 aliphatic carbocycles. The normalized spacial score (nSPS) is 19.7. The number of hydrogen-bond donors (Lipinski definition) is 0. The molecule has 8 aromatic carbocycles. The molecule has 8 aromatic rings. The molecule has 4 unspecified atom stereocenters. The van der Waals surface area contributed by atoms with Crippen molar-refractivity contribution >= 4 is 59.6 Å². The average Bonchev–Trinajstić information content (AvgIpc) is 0.787. The van der Waals surface area contributed by atoms with Crippen molar-refractivity contribution in [2.75, 3.05) is 13.7 Å². The number of alkyl halides is 1. The zero-order chi connectivity index (χ0) is 70.7. The average molecular weight is 1420 g/mol. The molecule has 2 fully saturated rings. The Hall–Kier alpha value is -9.46. The van der Waals surface area contributed by atoms with Crippen molar-refractivity contribution in [1.82, 2.24) is 0 Å². The lowest BCUT2D eigenvalue weighted by Crippen LogP contribution is -2.61. The Morgan fingerprint density at radius 3 is 0.908 bits per heavy atom. The fourth-order valence-corrected chi connectivity index (χ4v) is 11.1. The lowest BCUT2D eigenvalue weighted by atomic mass is 9.98. The van der Waals surface area contributed by atoms with E-state index in [-0.39, 0.29) is 29.9 Å². The second-order valence-electron chi connectivity index (χ2n) is 21.4. The van der Waals surface area contributed by atoms with E-state index in [1.54, 1.807) is 233 Å². The van der Waals surface area contributed by atoms with Crippen LogP contribution in [0.15, 0.2) is 243 Å². The van der Waals surface area contributed by atoms with E-state index in [1.807, 2.05) is 19.1 Å². The van der Waals surface area contributed by atoms with Gasteiger partial charge in [-0.2, -0.15) is 5.26 Å². The monoisotopic (exact) mass is 1420 g/mol. The van der Waals surface area contributed by atoms with Crippen molar-refractivity contribution < 1.29 is 89.5 Å². The summed E-state index contributed by atoms with van der Waals surface area (Å²) in [6.07, 6.45) is -10.0. The number of ether oxygens (including phenoxy) is 9. The Kier molecular flexibility index (Phi) is 32.9. The molecular weight excluding hydrogens is 1340 g/mol. The van der Waals surface area contributed by atoms with Gasteiger partial charge in [0.05, 0.1) is 64.9 Å². The fraction of sp³-hybridized carbons (Fsp3) is 0.276. The van der Waals surface area contributed by atoms with Crippen LogP contribution in [-0.4, -0.2) is 110 Å². The first-order chi connectivity index (χ1) is 47.5. The van der Waals surface area contributed by atoms with Crippen molar-refractivity contribution in [1.29, 1.82) is 5.26 Å². The number of phosphoric acid groups is 1. The van der Waals surface area contributed by atoms with Crippen LogP contribution in [0.25, 0.3) is 0 Å². The third kappa shape index (κ3) is 24.6. The first kappa shape index (κ1) is 77.5. The first-order valence-electron chi connectivity index (χ1n) is 31.4. The van der Waals surface area contributed by atoms with Gasteiger partial charge in [0.2, 0.25) is 6.29 Å². The summed E-state index contributed by atoms with van der Waals surface area (Å²) in [5, 5.41) is 6.51. The van der Waals surface area contributed by atoms with Crippen molar-refractivity contribution in [3.8, 4) is 6.07 Å². The highest BCUT2D eigenvalue weighted by molar-refractivity contribution is 9.09. The number of carbonyl (C=O) groups excluding carboxylic acids is 6. The maximum atomic E-state index is 14.6. The van der Waals surface area contributed by atoms with Gasteiger partial charge < -0.3 is 42.6 Å². The van der Waals surface area contributed by atoms with Crippen molar-refractivity contribution in [2.24, 2.45) is 0 Å². The summed E-state index contributed by atoms with van der Waals surface area (Å²) in [6, 6.07) is 69.3. The van der Waals surface area contributed by atoms with E-state index < -0.39 is 104 Å². The molecule has 0 N–H and O–H groups in total. The molecule has 0 spiro atoms. The smallest absolute Gasteiger partial charge is 0.452 e. The lowest BCUT2D eigenvalue weighted by molar-refractivity contribution is -0.271. The Morgan fingerprint density at radius 1 is 0.408 bits per heavy atom. The minimum absolute atomic E-state index is 0.152. The highest BCUT2D eigenvalue weighted by atomic mass is 79.9. The molecule has 22 heteroatoms. The van der Waals surface area contributed by atoms with Gasteiger partial charge in [0.1, 0.15) is 0 Å². The maximum absolute atomic E-state index is 14.6. The van der Waals surface area contributed by atoms with Gasteiger partial charge in [0.15, 0.2) is 41.6 Å². The zero-order valence-electron chi connectivity index (χ0n) is 55.2. The number of nitrogens with zero attached hydrogens (tertiary/aromatic N) is 1. The Balaban J connectivity index is 0.000000289. The molecular formula is C76H79BrNO19P. The predicted octanol–water partition coefficient (Wildman–Crippen LogP) is 15.4. The zero-order valence-corrected chi connectivity index (χ0v) is 57.7. The van der Waals surface area contributed by atoms with Crippen LogP contribution in [0, 0.1) is 11.3 Å². The molecule has 20 nitrogen and oxygen atoms in total. The van der Waals surface area contributed by atoms with E-state index in [4.69, 9.17) is 56.7 Å². The number of benzene rings is 8. The third-order valence-electron chi connectivity index (χ3n) is 13.9. The second kappa shape index (κ2) is 41.6. The van der Waals surface area contributed by atoms with Crippen LogP contribution in [0.4, 0.5) is 0 Å².